The number of hydrogen-bond acceptors (Lipinski definition) is 4. The summed E-state index contributed by atoms with van der Waals surface area (Å²) in [6, 6.07) is 3.38. The maximum Gasteiger partial charge on any atom is 0.260 e. The highest BCUT2D eigenvalue weighted by molar-refractivity contribution is 7.80. The molecule has 0 saturated heterocycles. The van der Waals surface area contributed by atoms with E-state index in [0.29, 0.717) is 33.8 Å². The number of benzene rings is 1. The minimum atomic E-state index is -2.22. The van der Waals surface area contributed by atoms with Gasteiger partial charge in [-0.1, -0.05) is 16.8 Å². The van der Waals surface area contributed by atoms with Gasteiger partial charge in [0.15, 0.2) is 11.4 Å². The van der Waals surface area contributed by atoms with Gasteiger partial charge in [0.25, 0.3) is 11.3 Å². The summed E-state index contributed by atoms with van der Waals surface area (Å²) in [5.74, 6) is 3.42. The summed E-state index contributed by atoms with van der Waals surface area (Å²) in [5, 5.41) is 4.79. The zero-order valence-electron chi connectivity index (χ0n) is 14.2. The van der Waals surface area contributed by atoms with Crippen LogP contribution >= 0.6 is 11.6 Å². The smallest absolute Gasteiger partial charge is 0.260 e. The fraction of sp³-hybridized carbons (Fsp3) is 0.611. The molecule has 6 rings (SSSR count). The Morgan fingerprint density at radius 1 is 1.27 bits per heavy atom. The van der Waals surface area contributed by atoms with Gasteiger partial charge < -0.3 is 9.26 Å². The average Bonchev–Trinajstić information content (AvgIpc) is 2.93. The maximum absolute atomic E-state index is 10.9. The fourth-order valence-corrected chi connectivity index (χ4v) is 6.43. The van der Waals surface area contributed by atoms with Crippen molar-refractivity contribution >= 4 is 39.7 Å². The summed E-state index contributed by atoms with van der Waals surface area (Å²) < 4.78 is 33.6. The van der Waals surface area contributed by atoms with E-state index in [1.54, 1.807) is 12.1 Å². The van der Waals surface area contributed by atoms with Crippen molar-refractivity contribution in [3.8, 4) is 5.75 Å². The van der Waals surface area contributed by atoms with Crippen LogP contribution < -0.4 is 9.46 Å². The number of fused-ring (bicyclic) bond motifs is 1. The summed E-state index contributed by atoms with van der Waals surface area (Å²) in [4.78, 5) is 0. The lowest BCUT2D eigenvalue weighted by Crippen LogP contribution is -2.48. The Balaban J connectivity index is 1.37. The van der Waals surface area contributed by atoms with E-state index in [4.69, 9.17) is 25.4 Å². The lowest BCUT2D eigenvalue weighted by atomic mass is 9.50. The largest absolute Gasteiger partial charge is 0.491 e. The molecule has 0 aliphatic heterocycles. The number of halogens is 1. The van der Waals surface area contributed by atoms with E-state index < -0.39 is 11.3 Å². The van der Waals surface area contributed by atoms with Crippen LogP contribution in [-0.2, 0) is 11.3 Å². The molecule has 0 amide bonds. The first kappa shape index (κ1) is 16.8. The summed E-state index contributed by atoms with van der Waals surface area (Å²) in [6.45, 7) is 0.696. The van der Waals surface area contributed by atoms with E-state index >= 15 is 0 Å². The Kier molecular flexibility index (Phi) is 3.95. The monoisotopic (exact) mass is 396 g/mol. The van der Waals surface area contributed by atoms with Gasteiger partial charge in [-0.25, -0.2) is 4.21 Å². The highest BCUT2D eigenvalue weighted by Crippen LogP contribution is 2.60. The normalized spacial score (nSPS) is 33.5. The first-order chi connectivity index (χ1) is 12.5. The van der Waals surface area contributed by atoms with Gasteiger partial charge in [0.2, 0.25) is 0 Å². The van der Waals surface area contributed by atoms with E-state index in [9.17, 15) is 4.21 Å². The van der Waals surface area contributed by atoms with Gasteiger partial charge in [0.1, 0.15) is 5.75 Å². The van der Waals surface area contributed by atoms with Crippen LogP contribution in [-0.4, -0.2) is 20.5 Å². The third kappa shape index (κ3) is 2.90. The lowest BCUT2D eigenvalue weighted by molar-refractivity contribution is -0.0745. The van der Waals surface area contributed by atoms with Gasteiger partial charge in [0, 0.05) is 11.5 Å². The minimum absolute atomic E-state index is 0.190. The van der Waals surface area contributed by atoms with Gasteiger partial charge >= 0.3 is 0 Å². The molecule has 0 spiro atoms. The predicted molar refractivity (Wildman–Crippen MR) is 99.5 cm³/mol. The number of nitrogens with one attached hydrogen (secondary N) is 1. The van der Waals surface area contributed by atoms with E-state index in [1.165, 1.54) is 38.5 Å². The molecule has 1 atom stereocenters. The highest BCUT2D eigenvalue weighted by Gasteiger charge is 2.51. The van der Waals surface area contributed by atoms with Crippen LogP contribution in [0.25, 0.3) is 11.0 Å². The Labute approximate surface area is 159 Å². The first-order valence-corrected chi connectivity index (χ1v) is 10.6. The zero-order chi connectivity index (χ0) is 17.9. The van der Waals surface area contributed by atoms with Crippen LogP contribution in [0.4, 0.5) is 5.82 Å². The van der Waals surface area contributed by atoms with E-state index in [0.717, 1.165) is 17.8 Å². The summed E-state index contributed by atoms with van der Waals surface area (Å²) in [5.41, 5.74) is 0.775. The van der Waals surface area contributed by atoms with Crippen molar-refractivity contribution in [3.63, 3.8) is 0 Å². The van der Waals surface area contributed by atoms with Gasteiger partial charge in [-0.2, -0.15) is 0 Å². The Hall–Kier alpha value is -1.31. The fourth-order valence-electron chi connectivity index (χ4n) is 5.90. The molecule has 4 saturated carbocycles. The molecule has 4 aliphatic rings. The van der Waals surface area contributed by atoms with Crippen LogP contribution in [0.1, 0.15) is 38.5 Å². The molecule has 2 N–H and O–H groups in total. The Bertz CT molecular complexity index is 848. The molecular formula is C18H21ClN2O4S. The van der Waals surface area contributed by atoms with E-state index in [2.05, 4.69) is 9.88 Å². The molecule has 0 radical (unpaired) electrons. The van der Waals surface area contributed by atoms with Gasteiger partial charge in [-0.3, -0.25) is 9.27 Å². The molecule has 1 unspecified atom stereocenters. The van der Waals surface area contributed by atoms with Crippen molar-refractivity contribution in [1.82, 2.24) is 5.16 Å². The van der Waals surface area contributed by atoms with Crippen molar-refractivity contribution in [2.75, 3.05) is 11.3 Å². The molecular weight excluding hydrogens is 376 g/mol. The highest BCUT2D eigenvalue weighted by atomic mass is 35.5. The van der Waals surface area contributed by atoms with Crippen LogP contribution in [0.2, 0.25) is 5.02 Å². The van der Waals surface area contributed by atoms with Crippen LogP contribution in [0.3, 0.4) is 0 Å². The number of rotatable bonds is 5. The molecule has 4 fully saturated rings. The van der Waals surface area contributed by atoms with Crippen molar-refractivity contribution in [2.24, 2.45) is 23.2 Å². The number of ether oxygens (including phenoxy) is 1. The van der Waals surface area contributed by atoms with Gasteiger partial charge in [0.05, 0.1) is 17.0 Å². The van der Waals surface area contributed by atoms with Crippen molar-refractivity contribution < 1.29 is 18.0 Å². The number of nitrogens with zero attached hydrogens (tertiary/aromatic N) is 1. The molecule has 6 nitrogen and oxygen atoms in total. The minimum Gasteiger partial charge on any atom is -0.491 e. The third-order valence-electron chi connectivity index (χ3n) is 6.41. The summed E-state index contributed by atoms with van der Waals surface area (Å²) in [7, 11) is 0. The van der Waals surface area contributed by atoms with E-state index in [1.807, 2.05) is 0 Å². The number of aromatic nitrogens is 1. The van der Waals surface area contributed by atoms with Crippen LogP contribution in [0.15, 0.2) is 16.7 Å². The lowest BCUT2D eigenvalue weighted by Gasteiger charge is -2.56. The molecule has 4 bridgehead atoms. The zero-order valence-corrected chi connectivity index (χ0v) is 15.8. The summed E-state index contributed by atoms with van der Waals surface area (Å²) >= 11 is 4.17. The second-order valence-electron chi connectivity index (χ2n) is 8.37. The topological polar surface area (TPSA) is 84.6 Å². The number of anilines is 1. The maximum atomic E-state index is 10.9. The second-order valence-corrected chi connectivity index (χ2v) is 9.48. The summed E-state index contributed by atoms with van der Waals surface area (Å²) in [6.07, 6.45) is 8.05. The Morgan fingerprint density at radius 3 is 2.54 bits per heavy atom. The SMILES string of the molecule is O=S(O)Nc1noc2cc(OCC34CC5CC(CC(C5)C3)C4)c(Cl)cc12. The van der Waals surface area contributed by atoms with Crippen molar-refractivity contribution in [1.29, 1.82) is 0 Å². The predicted octanol–water partition coefficient (Wildman–Crippen LogP) is 4.63. The van der Waals surface area contributed by atoms with Gasteiger partial charge in [-0.05, 0) is 62.3 Å². The quantitative estimate of drug-likeness (QED) is 0.720. The van der Waals surface area contributed by atoms with E-state index in [-0.39, 0.29) is 5.82 Å². The first-order valence-electron chi connectivity index (χ1n) is 9.09. The molecule has 1 aromatic heterocycles. The molecule has 2 aromatic rings. The van der Waals surface area contributed by atoms with Crippen molar-refractivity contribution in [2.45, 2.75) is 38.5 Å². The van der Waals surface area contributed by atoms with Crippen molar-refractivity contribution in [3.05, 3.63) is 17.2 Å². The third-order valence-corrected chi connectivity index (χ3v) is 7.07. The van der Waals surface area contributed by atoms with Gasteiger partial charge in [-0.15, -0.1) is 0 Å². The standard InChI is InChI=1S/C18H21ClN2O4S/c19-14-4-13-15(25-20-17(13)21-26(22)23)5-16(14)24-9-18-6-10-1-11(7-18)3-12(2-10)8-18/h4-5,10-12H,1-3,6-9H2,(H,20,21)(H,22,23). The Morgan fingerprint density at radius 2 is 1.92 bits per heavy atom. The molecule has 1 aromatic carbocycles. The molecule has 140 valence electrons. The molecule has 4 aliphatic carbocycles. The number of hydrogen-bond donors (Lipinski definition) is 2. The molecule has 26 heavy (non-hydrogen) atoms. The van der Waals surface area contributed by atoms with Crippen LogP contribution in [0, 0.1) is 23.2 Å². The second kappa shape index (κ2) is 6.11. The molecule has 1 heterocycles. The average molecular weight is 397 g/mol. The van der Waals surface area contributed by atoms with Crippen LogP contribution in [0.5, 0.6) is 5.75 Å². The molecule has 8 heteroatoms.